The van der Waals surface area contributed by atoms with Gasteiger partial charge in [-0.25, -0.2) is 0 Å². The van der Waals surface area contributed by atoms with Gasteiger partial charge in [0.25, 0.3) is 0 Å². The molecule has 2 heterocycles. The number of furan rings is 2. The molecule has 0 fully saturated rings. The lowest BCUT2D eigenvalue weighted by atomic mass is 9.84. The minimum atomic E-state index is 0.875. The van der Waals surface area contributed by atoms with Gasteiger partial charge in [-0.2, -0.15) is 0 Å². The van der Waals surface area contributed by atoms with Gasteiger partial charge in [0.2, 0.25) is 0 Å². The summed E-state index contributed by atoms with van der Waals surface area (Å²) in [6.07, 6.45) is 0. The van der Waals surface area contributed by atoms with Crippen LogP contribution in [0, 0.1) is 0 Å². The largest absolute Gasteiger partial charge is 0.455 e. The van der Waals surface area contributed by atoms with Crippen molar-refractivity contribution in [2.45, 2.75) is 0 Å². The van der Waals surface area contributed by atoms with Crippen molar-refractivity contribution in [3.05, 3.63) is 340 Å². The fourth-order valence-electron chi connectivity index (χ4n) is 16.4. The van der Waals surface area contributed by atoms with Crippen LogP contribution in [0.1, 0.15) is 0 Å². The Bertz CT molecular complexity index is 6510. The summed E-state index contributed by atoms with van der Waals surface area (Å²) in [7, 11) is 0. The molecule has 444 valence electrons. The van der Waals surface area contributed by atoms with Crippen LogP contribution in [-0.2, 0) is 0 Å². The lowest BCUT2D eigenvalue weighted by Crippen LogP contribution is -1.92. The number of benzene rings is 18. The molecular formula is C94H56O2. The predicted octanol–water partition coefficient (Wildman–Crippen LogP) is 26.9. The van der Waals surface area contributed by atoms with Crippen LogP contribution in [0.3, 0.4) is 0 Å². The summed E-state index contributed by atoms with van der Waals surface area (Å²) in [5.74, 6) is 0. The zero-order chi connectivity index (χ0) is 63.0. The molecule has 0 spiro atoms. The molecule has 18 aromatic carbocycles. The quantitative estimate of drug-likeness (QED) is 0.142. The Hall–Kier alpha value is -12.6. The summed E-state index contributed by atoms with van der Waals surface area (Å²) in [5, 5.41) is 21.3. The highest BCUT2D eigenvalue weighted by molar-refractivity contribution is 6.29. The van der Waals surface area contributed by atoms with Crippen molar-refractivity contribution in [2.24, 2.45) is 0 Å². The van der Waals surface area contributed by atoms with Crippen LogP contribution in [0.4, 0.5) is 0 Å². The molecule has 0 saturated carbocycles. The number of para-hydroxylation sites is 2. The van der Waals surface area contributed by atoms with Crippen LogP contribution in [0.25, 0.3) is 208 Å². The Morgan fingerprint density at radius 3 is 0.927 bits per heavy atom. The number of hydrogen-bond acceptors (Lipinski definition) is 2. The van der Waals surface area contributed by atoms with Crippen molar-refractivity contribution in [3.8, 4) is 89.0 Å². The van der Waals surface area contributed by atoms with Gasteiger partial charge in [-0.15, -0.1) is 0 Å². The lowest BCUT2D eigenvalue weighted by Gasteiger charge is -2.19. The number of fused-ring (bicyclic) bond motifs is 13. The fourth-order valence-corrected chi connectivity index (χ4v) is 16.4. The molecule has 96 heavy (non-hydrogen) atoms. The van der Waals surface area contributed by atoms with E-state index in [0.29, 0.717) is 0 Å². The van der Waals surface area contributed by atoms with E-state index in [0.717, 1.165) is 71.7 Å². The Morgan fingerprint density at radius 1 is 0.156 bits per heavy atom. The first-order valence-corrected chi connectivity index (χ1v) is 33.1. The highest BCUT2D eigenvalue weighted by Crippen LogP contribution is 2.52. The smallest absolute Gasteiger partial charge is 0.143 e. The highest BCUT2D eigenvalue weighted by Gasteiger charge is 2.25. The molecule has 0 amide bonds. The molecule has 2 heteroatoms. The van der Waals surface area contributed by atoms with Gasteiger partial charge >= 0.3 is 0 Å². The third-order valence-electron chi connectivity index (χ3n) is 20.5. The first-order valence-electron chi connectivity index (χ1n) is 33.1. The second-order valence-electron chi connectivity index (χ2n) is 25.5. The minimum absolute atomic E-state index is 0.875. The van der Waals surface area contributed by atoms with E-state index in [9.17, 15) is 0 Å². The molecule has 0 saturated heterocycles. The molecule has 0 aliphatic rings. The molecule has 0 unspecified atom stereocenters. The van der Waals surface area contributed by atoms with E-state index in [2.05, 4.69) is 340 Å². The summed E-state index contributed by atoms with van der Waals surface area (Å²) in [6.45, 7) is 0. The second-order valence-corrected chi connectivity index (χ2v) is 25.5. The second kappa shape index (κ2) is 21.5. The van der Waals surface area contributed by atoms with Gasteiger partial charge in [0.05, 0.1) is 0 Å². The summed E-state index contributed by atoms with van der Waals surface area (Å²) in [5.41, 5.74) is 22.3. The zero-order valence-electron chi connectivity index (χ0n) is 52.1. The normalized spacial score (nSPS) is 12.0. The van der Waals surface area contributed by atoms with E-state index in [1.54, 1.807) is 0 Å². The molecule has 0 N–H and O–H groups in total. The Labute approximate surface area is 553 Å². The molecule has 0 radical (unpaired) electrons. The SMILES string of the molecule is c1cc(-c2c3ccccc3c(-c3cccc4oc5c(-c6cccc7ccccc67)cccc5c34)c3ccccc23)cc(-c2cccc3cccc(-c4ccc(-c5c6ccccc6c(-c6cccc7oc8c(-c9cccc%10ccccc9%10)cccc8c67)c6ccccc56)cc4)c23)c1. The standard InChI is InChI=1S/C94H56O2/c1-3-30-64-57(22-1)24-14-42-68(64)78-44-18-48-82-91-80(46-20-50-84(91)95-93(78)82)89-74-36-9-5-32-70(74)87(71-33-6-10-37-75(71)89)61-54-52-59(53-55-61)66-40-16-26-60-27-17-41-67(86(60)66)62-28-13-29-63(56-62)88-72-34-7-11-38-76(72)90(77-39-12-8-35-73(77)88)81-47-21-51-85-92(81)83-49-19-45-79(94(83)96-85)69-43-15-25-58-23-2-4-31-65(58)69/h1-56H. The summed E-state index contributed by atoms with van der Waals surface area (Å²) in [6, 6.07) is 125. The van der Waals surface area contributed by atoms with Crippen molar-refractivity contribution in [1.29, 1.82) is 0 Å². The zero-order valence-corrected chi connectivity index (χ0v) is 52.1. The maximum atomic E-state index is 6.99. The predicted molar refractivity (Wildman–Crippen MR) is 407 cm³/mol. The van der Waals surface area contributed by atoms with Crippen LogP contribution in [0.5, 0.6) is 0 Å². The molecule has 20 rings (SSSR count). The van der Waals surface area contributed by atoms with E-state index in [1.165, 1.54) is 137 Å². The average Bonchev–Trinajstić information content (AvgIpc) is 1.29. The van der Waals surface area contributed by atoms with Crippen LogP contribution in [0.15, 0.2) is 349 Å². The van der Waals surface area contributed by atoms with Gasteiger partial charge < -0.3 is 8.83 Å². The van der Waals surface area contributed by atoms with Crippen LogP contribution < -0.4 is 0 Å². The van der Waals surface area contributed by atoms with Crippen LogP contribution in [-0.4, -0.2) is 0 Å². The monoisotopic (exact) mass is 1220 g/mol. The van der Waals surface area contributed by atoms with Gasteiger partial charge in [-0.05, 0) is 171 Å². The molecule has 20 aromatic rings. The van der Waals surface area contributed by atoms with Gasteiger partial charge in [0.15, 0.2) is 0 Å². The Balaban J connectivity index is 0.699. The summed E-state index contributed by atoms with van der Waals surface area (Å²) in [4.78, 5) is 0. The van der Waals surface area contributed by atoms with Crippen molar-refractivity contribution in [2.75, 3.05) is 0 Å². The molecule has 0 bridgehead atoms. The molecule has 2 nitrogen and oxygen atoms in total. The van der Waals surface area contributed by atoms with E-state index < -0.39 is 0 Å². The van der Waals surface area contributed by atoms with Crippen LogP contribution in [0.2, 0.25) is 0 Å². The molecular weight excluding hydrogens is 1160 g/mol. The van der Waals surface area contributed by atoms with E-state index in [-0.39, 0.29) is 0 Å². The molecule has 0 aliphatic heterocycles. The van der Waals surface area contributed by atoms with E-state index in [1.807, 2.05) is 0 Å². The van der Waals surface area contributed by atoms with E-state index in [4.69, 9.17) is 8.83 Å². The molecule has 0 aliphatic carbocycles. The number of rotatable bonds is 8. The van der Waals surface area contributed by atoms with Gasteiger partial charge in [-0.3, -0.25) is 0 Å². The van der Waals surface area contributed by atoms with Crippen molar-refractivity contribution in [3.63, 3.8) is 0 Å². The van der Waals surface area contributed by atoms with Crippen molar-refractivity contribution < 1.29 is 8.83 Å². The van der Waals surface area contributed by atoms with Crippen LogP contribution >= 0.6 is 0 Å². The third-order valence-corrected chi connectivity index (χ3v) is 20.5. The highest BCUT2D eigenvalue weighted by atomic mass is 16.3. The average molecular weight is 1220 g/mol. The van der Waals surface area contributed by atoms with Crippen molar-refractivity contribution in [1.82, 2.24) is 0 Å². The van der Waals surface area contributed by atoms with Crippen molar-refractivity contribution >= 4 is 119 Å². The van der Waals surface area contributed by atoms with E-state index >= 15 is 0 Å². The van der Waals surface area contributed by atoms with Gasteiger partial charge in [0.1, 0.15) is 22.3 Å². The lowest BCUT2D eigenvalue weighted by molar-refractivity contribution is 0.670. The minimum Gasteiger partial charge on any atom is -0.455 e. The first-order chi connectivity index (χ1) is 47.7. The molecule has 2 aromatic heterocycles. The Morgan fingerprint density at radius 2 is 0.458 bits per heavy atom. The topological polar surface area (TPSA) is 26.3 Å². The third kappa shape index (κ3) is 8.19. The summed E-state index contributed by atoms with van der Waals surface area (Å²) < 4.78 is 14.0. The van der Waals surface area contributed by atoms with Gasteiger partial charge in [0, 0.05) is 32.7 Å². The molecule has 0 atom stereocenters. The first kappa shape index (κ1) is 54.0. The fraction of sp³-hybridized carbons (Fsp3) is 0. The maximum Gasteiger partial charge on any atom is 0.143 e. The summed E-state index contributed by atoms with van der Waals surface area (Å²) >= 11 is 0. The number of hydrogen-bond donors (Lipinski definition) is 0. The van der Waals surface area contributed by atoms with Gasteiger partial charge in [-0.1, -0.05) is 322 Å². The Kier molecular flexibility index (Phi) is 12.1. The maximum absolute atomic E-state index is 6.99.